The summed E-state index contributed by atoms with van der Waals surface area (Å²) in [5.74, 6) is 0.997. The van der Waals surface area contributed by atoms with Crippen molar-refractivity contribution < 1.29 is 28.5 Å². The summed E-state index contributed by atoms with van der Waals surface area (Å²) in [4.78, 5) is 25.1. The molecule has 1 atom stereocenters. The fraction of sp³-hybridized carbons (Fsp3) is 0.167. The van der Waals surface area contributed by atoms with Crippen LogP contribution in [0.4, 0.5) is 5.69 Å². The van der Waals surface area contributed by atoms with Crippen LogP contribution in [0.15, 0.2) is 72.8 Å². The maximum absolute atomic E-state index is 12.5. The number of anilines is 1. The lowest BCUT2D eigenvalue weighted by molar-refractivity contribution is -0.123. The van der Waals surface area contributed by atoms with Crippen molar-refractivity contribution in [2.24, 2.45) is 0 Å². The topological polar surface area (TPSA) is 83.1 Å². The number of amides is 1. The minimum absolute atomic E-state index is 0.270. The minimum Gasteiger partial charge on any atom is -0.497 e. The number of ether oxygens (including phenoxy) is 4. The molecule has 1 unspecified atom stereocenters. The molecular formula is C24H23NO6. The van der Waals surface area contributed by atoms with Gasteiger partial charge >= 0.3 is 5.97 Å². The molecule has 7 nitrogen and oxygen atoms in total. The molecule has 0 bridgehead atoms. The van der Waals surface area contributed by atoms with Gasteiger partial charge in [0.15, 0.2) is 6.10 Å². The highest BCUT2D eigenvalue weighted by Gasteiger charge is 2.21. The molecule has 0 aliphatic rings. The van der Waals surface area contributed by atoms with Gasteiger partial charge in [-0.3, -0.25) is 4.79 Å². The van der Waals surface area contributed by atoms with E-state index >= 15 is 0 Å². The van der Waals surface area contributed by atoms with Gasteiger partial charge in [0.05, 0.1) is 25.5 Å². The molecule has 3 rings (SSSR count). The van der Waals surface area contributed by atoms with E-state index < -0.39 is 18.0 Å². The summed E-state index contributed by atoms with van der Waals surface area (Å²) in [6.07, 6.45) is -1.04. The van der Waals surface area contributed by atoms with Crippen LogP contribution in [0.1, 0.15) is 17.3 Å². The van der Waals surface area contributed by atoms with E-state index in [0.717, 1.165) is 0 Å². The van der Waals surface area contributed by atoms with Crippen LogP contribution in [0, 0.1) is 0 Å². The maximum atomic E-state index is 12.5. The molecular weight excluding hydrogens is 398 g/mol. The first-order valence-electron chi connectivity index (χ1n) is 9.57. The number of esters is 1. The number of hydrogen-bond donors (Lipinski definition) is 1. The highest BCUT2D eigenvalue weighted by molar-refractivity contribution is 5.98. The van der Waals surface area contributed by atoms with E-state index in [-0.39, 0.29) is 5.56 Å². The zero-order valence-electron chi connectivity index (χ0n) is 17.5. The monoisotopic (exact) mass is 421 g/mol. The van der Waals surface area contributed by atoms with E-state index in [0.29, 0.717) is 28.7 Å². The number of carbonyl (C=O) groups excluding carboxylic acids is 2. The Labute approximate surface area is 180 Å². The van der Waals surface area contributed by atoms with Crippen LogP contribution >= 0.6 is 0 Å². The second kappa shape index (κ2) is 10.2. The molecule has 0 spiro atoms. The lowest BCUT2D eigenvalue weighted by atomic mass is 10.2. The smallest absolute Gasteiger partial charge is 0.339 e. The van der Waals surface area contributed by atoms with Crippen molar-refractivity contribution in [3.05, 3.63) is 78.4 Å². The summed E-state index contributed by atoms with van der Waals surface area (Å²) in [6, 6.07) is 20.8. The Morgan fingerprint density at radius 1 is 0.806 bits per heavy atom. The highest BCUT2D eigenvalue weighted by atomic mass is 16.5. The maximum Gasteiger partial charge on any atom is 0.339 e. The van der Waals surface area contributed by atoms with Gasteiger partial charge in [0.1, 0.15) is 23.0 Å². The van der Waals surface area contributed by atoms with Crippen molar-refractivity contribution in [1.82, 2.24) is 0 Å². The minimum atomic E-state index is -1.04. The van der Waals surface area contributed by atoms with Crippen LogP contribution < -0.4 is 19.5 Å². The molecule has 0 aliphatic carbocycles. The Kier molecular flexibility index (Phi) is 7.11. The number of carbonyl (C=O) groups is 2. The van der Waals surface area contributed by atoms with Gasteiger partial charge in [-0.25, -0.2) is 4.79 Å². The molecule has 3 aromatic rings. The number of para-hydroxylation sites is 1. The zero-order chi connectivity index (χ0) is 22.2. The first kappa shape index (κ1) is 21.7. The third-order valence-corrected chi connectivity index (χ3v) is 4.37. The number of methoxy groups -OCH3 is 2. The molecule has 0 heterocycles. The molecule has 31 heavy (non-hydrogen) atoms. The quantitative estimate of drug-likeness (QED) is 0.532. The number of benzene rings is 3. The van der Waals surface area contributed by atoms with Crippen molar-refractivity contribution in [3.63, 3.8) is 0 Å². The van der Waals surface area contributed by atoms with Crippen molar-refractivity contribution >= 4 is 17.6 Å². The molecule has 0 radical (unpaired) electrons. The van der Waals surface area contributed by atoms with Crippen LogP contribution in [0.2, 0.25) is 0 Å². The number of hydrogen-bond acceptors (Lipinski definition) is 6. The third kappa shape index (κ3) is 5.76. The first-order valence-corrected chi connectivity index (χ1v) is 9.57. The molecule has 3 aromatic carbocycles. The van der Waals surface area contributed by atoms with E-state index in [1.807, 2.05) is 30.3 Å². The van der Waals surface area contributed by atoms with Crippen molar-refractivity contribution in [2.75, 3.05) is 19.5 Å². The summed E-state index contributed by atoms with van der Waals surface area (Å²) in [5, 5.41) is 2.69. The van der Waals surface area contributed by atoms with Crippen LogP contribution in [-0.4, -0.2) is 32.2 Å². The number of rotatable bonds is 8. The fourth-order valence-corrected chi connectivity index (χ4v) is 2.74. The van der Waals surface area contributed by atoms with E-state index in [1.54, 1.807) is 42.5 Å². The third-order valence-electron chi connectivity index (χ3n) is 4.37. The number of nitrogens with one attached hydrogen (secondary N) is 1. The second-order valence-electron chi connectivity index (χ2n) is 6.55. The van der Waals surface area contributed by atoms with E-state index in [1.165, 1.54) is 21.1 Å². The highest BCUT2D eigenvalue weighted by Crippen LogP contribution is 2.29. The van der Waals surface area contributed by atoms with Gasteiger partial charge in [-0.2, -0.15) is 0 Å². The Balaban J connectivity index is 1.65. The predicted molar refractivity (Wildman–Crippen MR) is 116 cm³/mol. The van der Waals surface area contributed by atoms with Crippen LogP contribution in [-0.2, 0) is 9.53 Å². The molecule has 160 valence electrons. The van der Waals surface area contributed by atoms with E-state index in [9.17, 15) is 9.59 Å². The SMILES string of the molecule is COc1ccc(OC)c(NC(=O)C(C)OC(=O)c2cccc(Oc3ccccc3)c2)c1. The molecule has 7 heteroatoms. The summed E-state index contributed by atoms with van der Waals surface area (Å²) < 4.78 is 21.5. The summed E-state index contributed by atoms with van der Waals surface area (Å²) >= 11 is 0. The molecule has 0 aromatic heterocycles. The lowest BCUT2D eigenvalue weighted by Crippen LogP contribution is -2.30. The van der Waals surface area contributed by atoms with Crippen LogP contribution in [0.25, 0.3) is 0 Å². The Hall–Kier alpha value is -4.00. The Morgan fingerprint density at radius 3 is 2.26 bits per heavy atom. The standard InChI is InChI=1S/C24H23NO6/c1-16(23(26)25-21-15-19(28-2)12-13-22(21)29-3)30-24(27)17-8-7-11-20(14-17)31-18-9-5-4-6-10-18/h4-16H,1-3H3,(H,25,26). The second-order valence-corrected chi connectivity index (χ2v) is 6.55. The largest absolute Gasteiger partial charge is 0.497 e. The summed E-state index contributed by atoms with van der Waals surface area (Å²) in [7, 11) is 3.01. The van der Waals surface area contributed by atoms with Gasteiger partial charge in [-0.15, -0.1) is 0 Å². The molecule has 0 saturated heterocycles. The van der Waals surface area contributed by atoms with Gasteiger partial charge in [-0.05, 0) is 49.4 Å². The van der Waals surface area contributed by atoms with Crippen LogP contribution in [0.3, 0.4) is 0 Å². The predicted octanol–water partition coefficient (Wildman–Crippen LogP) is 4.68. The van der Waals surface area contributed by atoms with Crippen molar-refractivity contribution in [3.8, 4) is 23.0 Å². The van der Waals surface area contributed by atoms with E-state index in [4.69, 9.17) is 18.9 Å². The normalized spacial score (nSPS) is 11.2. The summed E-state index contributed by atoms with van der Waals surface area (Å²) in [5.41, 5.74) is 0.681. The van der Waals surface area contributed by atoms with E-state index in [2.05, 4.69) is 5.32 Å². The molecule has 0 saturated carbocycles. The average Bonchev–Trinajstić information content (AvgIpc) is 2.79. The first-order chi connectivity index (χ1) is 15.0. The van der Waals surface area contributed by atoms with Gasteiger partial charge in [0, 0.05) is 6.07 Å². The fourth-order valence-electron chi connectivity index (χ4n) is 2.74. The van der Waals surface area contributed by atoms with Crippen molar-refractivity contribution in [1.29, 1.82) is 0 Å². The summed E-state index contributed by atoms with van der Waals surface area (Å²) in [6.45, 7) is 1.49. The average molecular weight is 421 g/mol. The van der Waals surface area contributed by atoms with Crippen LogP contribution in [0.5, 0.6) is 23.0 Å². The van der Waals surface area contributed by atoms with Crippen molar-refractivity contribution in [2.45, 2.75) is 13.0 Å². The molecule has 0 aliphatic heterocycles. The van der Waals surface area contributed by atoms with Gasteiger partial charge in [0.25, 0.3) is 5.91 Å². The molecule has 1 amide bonds. The van der Waals surface area contributed by atoms with Gasteiger partial charge in [-0.1, -0.05) is 24.3 Å². The Morgan fingerprint density at radius 2 is 1.55 bits per heavy atom. The van der Waals surface area contributed by atoms with Gasteiger partial charge in [0.2, 0.25) is 0 Å². The lowest BCUT2D eigenvalue weighted by Gasteiger charge is -2.16. The van der Waals surface area contributed by atoms with Gasteiger partial charge < -0.3 is 24.3 Å². The molecule has 1 N–H and O–H groups in total. The zero-order valence-corrected chi connectivity index (χ0v) is 17.5. The Bertz CT molecular complexity index is 1050. The molecule has 0 fully saturated rings.